The van der Waals surface area contributed by atoms with E-state index >= 15 is 0 Å². The highest BCUT2D eigenvalue weighted by atomic mass is 32.2. The molecule has 30 heavy (non-hydrogen) atoms. The van der Waals surface area contributed by atoms with Crippen LogP contribution >= 0.6 is 11.8 Å². The number of non-ortho nitro benzene ring substituents is 1. The molecule has 0 unspecified atom stereocenters. The van der Waals surface area contributed by atoms with Crippen molar-refractivity contribution in [3.63, 3.8) is 0 Å². The second-order valence-electron chi connectivity index (χ2n) is 6.22. The molecule has 0 aliphatic heterocycles. The van der Waals surface area contributed by atoms with Crippen LogP contribution in [0.3, 0.4) is 0 Å². The number of nitrogens with one attached hydrogen (secondary N) is 1. The van der Waals surface area contributed by atoms with E-state index in [9.17, 15) is 23.7 Å². The molecule has 0 aliphatic rings. The van der Waals surface area contributed by atoms with Crippen LogP contribution in [0.1, 0.15) is 22.4 Å². The number of rotatable bonds is 5. The first-order chi connectivity index (χ1) is 14.3. The highest BCUT2D eigenvalue weighted by Gasteiger charge is 2.14. The van der Waals surface area contributed by atoms with Crippen molar-refractivity contribution in [1.29, 1.82) is 0 Å². The Balaban J connectivity index is 1.76. The van der Waals surface area contributed by atoms with Gasteiger partial charge in [-0.1, -0.05) is 35.7 Å². The summed E-state index contributed by atoms with van der Waals surface area (Å²) in [4.78, 5) is 29.4. The summed E-state index contributed by atoms with van der Waals surface area (Å²) in [5, 5.41) is 11.1. The fourth-order valence-corrected chi connectivity index (χ4v) is 3.23. The molecule has 2 aromatic carbocycles. The van der Waals surface area contributed by atoms with Gasteiger partial charge in [-0.3, -0.25) is 14.9 Å². The van der Waals surface area contributed by atoms with Crippen molar-refractivity contribution in [1.82, 2.24) is 9.97 Å². The molecule has 1 aromatic heterocycles. The van der Waals surface area contributed by atoms with Gasteiger partial charge in [0.15, 0.2) is 5.16 Å². The van der Waals surface area contributed by atoms with E-state index in [4.69, 9.17) is 0 Å². The van der Waals surface area contributed by atoms with E-state index in [1.165, 1.54) is 25.1 Å². The lowest BCUT2D eigenvalue weighted by molar-refractivity contribution is -0.384. The van der Waals surface area contributed by atoms with Crippen LogP contribution in [-0.2, 0) is 6.42 Å². The van der Waals surface area contributed by atoms with Crippen LogP contribution in [0, 0.1) is 40.5 Å². The zero-order valence-corrected chi connectivity index (χ0v) is 16.6. The lowest BCUT2D eigenvalue weighted by Gasteiger charge is -2.08. The smallest absolute Gasteiger partial charge is 0.270 e. The maximum Gasteiger partial charge on any atom is 0.270 e. The van der Waals surface area contributed by atoms with Crippen molar-refractivity contribution in [3.8, 4) is 11.8 Å². The van der Waals surface area contributed by atoms with Crippen molar-refractivity contribution in [2.24, 2.45) is 0 Å². The molecule has 0 spiro atoms. The van der Waals surface area contributed by atoms with Crippen molar-refractivity contribution in [3.05, 3.63) is 97.0 Å². The summed E-state index contributed by atoms with van der Waals surface area (Å²) in [7, 11) is 0. The summed E-state index contributed by atoms with van der Waals surface area (Å²) < 4.78 is 27.9. The minimum Gasteiger partial charge on any atom is -0.301 e. The first kappa shape index (κ1) is 21.2. The number of nitrogens with zero attached hydrogens (tertiary/aromatic N) is 2. The number of benzene rings is 2. The van der Waals surface area contributed by atoms with Gasteiger partial charge in [0.1, 0.15) is 11.6 Å². The normalized spacial score (nSPS) is 10.4. The number of aromatic amines is 1. The Morgan fingerprint density at radius 1 is 1.20 bits per heavy atom. The molecule has 0 saturated carbocycles. The van der Waals surface area contributed by atoms with Crippen LogP contribution in [-0.4, -0.2) is 20.6 Å². The number of halogens is 2. The molecule has 0 fully saturated rings. The van der Waals surface area contributed by atoms with Crippen molar-refractivity contribution >= 4 is 17.4 Å². The third-order valence-corrected chi connectivity index (χ3v) is 4.96. The topological polar surface area (TPSA) is 88.9 Å². The van der Waals surface area contributed by atoms with Crippen molar-refractivity contribution < 1.29 is 13.7 Å². The Kier molecular flexibility index (Phi) is 6.59. The van der Waals surface area contributed by atoms with Gasteiger partial charge in [-0.2, -0.15) is 0 Å². The fourth-order valence-electron chi connectivity index (χ4n) is 2.61. The first-order valence-electron chi connectivity index (χ1n) is 8.74. The van der Waals surface area contributed by atoms with Gasteiger partial charge in [0.25, 0.3) is 11.2 Å². The van der Waals surface area contributed by atoms with Gasteiger partial charge in [-0.05, 0) is 25.1 Å². The van der Waals surface area contributed by atoms with Crippen molar-refractivity contribution in [2.75, 3.05) is 5.75 Å². The van der Waals surface area contributed by atoms with E-state index in [2.05, 4.69) is 21.8 Å². The zero-order chi connectivity index (χ0) is 21.7. The predicted octanol–water partition coefficient (Wildman–Crippen LogP) is 4.00. The number of nitro groups is 1. The van der Waals surface area contributed by atoms with E-state index in [0.717, 1.165) is 23.9 Å². The average Bonchev–Trinajstić information content (AvgIpc) is 2.71. The number of thioether (sulfide) groups is 1. The summed E-state index contributed by atoms with van der Waals surface area (Å²) in [6, 6.07) is 9.51. The highest BCUT2D eigenvalue weighted by Crippen LogP contribution is 2.19. The van der Waals surface area contributed by atoms with Crippen LogP contribution in [0.15, 0.2) is 52.4 Å². The molecule has 0 radical (unpaired) electrons. The minimum absolute atomic E-state index is 0.0518. The van der Waals surface area contributed by atoms with Crippen LogP contribution in [0.4, 0.5) is 14.5 Å². The molecule has 6 nitrogen and oxygen atoms in total. The molecule has 1 N–H and O–H groups in total. The molecule has 0 amide bonds. The second kappa shape index (κ2) is 9.33. The quantitative estimate of drug-likeness (QED) is 0.219. The standard InChI is InChI=1S/C21H15F2N3O3S/c1-13-19(12-16-17(22)8-3-9-18(16)23)24-21(25-20(13)27)30-10-4-6-14-5-2-7-15(11-14)26(28)29/h2-3,5,7-9,11H,10,12H2,1H3,(H,24,25,27). The number of hydrogen-bond donors (Lipinski definition) is 1. The van der Waals surface area contributed by atoms with Crippen LogP contribution < -0.4 is 5.56 Å². The summed E-state index contributed by atoms with van der Waals surface area (Å²) in [6.45, 7) is 1.54. The molecule has 3 aromatic rings. The molecular weight excluding hydrogens is 412 g/mol. The van der Waals surface area contributed by atoms with E-state index < -0.39 is 22.1 Å². The maximum absolute atomic E-state index is 13.9. The van der Waals surface area contributed by atoms with Crippen LogP contribution in [0.5, 0.6) is 0 Å². The first-order valence-corrected chi connectivity index (χ1v) is 9.72. The van der Waals surface area contributed by atoms with E-state index in [1.807, 2.05) is 0 Å². The van der Waals surface area contributed by atoms with Crippen LogP contribution in [0.25, 0.3) is 0 Å². The van der Waals surface area contributed by atoms with Gasteiger partial charge in [-0.15, -0.1) is 0 Å². The summed E-state index contributed by atoms with van der Waals surface area (Å²) >= 11 is 1.14. The van der Waals surface area contributed by atoms with E-state index in [1.54, 1.807) is 12.1 Å². The largest absolute Gasteiger partial charge is 0.301 e. The zero-order valence-electron chi connectivity index (χ0n) is 15.7. The fraction of sp³-hybridized carbons (Fsp3) is 0.143. The van der Waals surface area contributed by atoms with Crippen molar-refractivity contribution in [2.45, 2.75) is 18.5 Å². The third kappa shape index (κ3) is 5.10. The summed E-state index contributed by atoms with van der Waals surface area (Å²) in [6.07, 6.45) is -0.152. The molecular formula is C21H15F2N3O3S. The predicted molar refractivity (Wildman–Crippen MR) is 109 cm³/mol. The number of hydrogen-bond acceptors (Lipinski definition) is 5. The highest BCUT2D eigenvalue weighted by molar-refractivity contribution is 7.99. The Bertz CT molecular complexity index is 1210. The Morgan fingerprint density at radius 2 is 1.90 bits per heavy atom. The SMILES string of the molecule is Cc1c(Cc2c(F)cccc2F)nc(SCC#Cc2cccc([N+](=O)[O-])c2)[nH]c1=O. The molecule has 3 rings (SSSR count). The maximum atomic E-state index is 13.9. The number of H-pyrrole nitrogens is 1. The molecule has 1 heterocycles. The molecule has 9 heteroatoms. The number of nitro benzene ring substituents is 1. The van der Waals surface area contributed by atoms with E-state index in [-0.39, 0.29) is 39.8 Å². The van der Waals surface area contributed by atoms with Gasteiger partial charge in [0.05, 0.1) is 16.4 Å². The molecule has 0 atom stereocenters. The lowest BCUT2D eigenvalue weighted by Crippen LogP contribution is -2.16. The third-order valence-electron chi connectivity index (χ3n) is 4.21. The molecule has 0 saturated heterocycles. The van der Waals surface area contributed by atoms with Gasteiger partial charge < -0.3 is 4.98 Å². The average molecular weight is 427 g/mol. The monoisotopic (exact) mass is 427 g/mol. The van der Waals surface area contributed by atoms with Gasteiger partial charge in [0.2, 0.25) is 0 Å². The molecule has 152 valence electrons. The number of aromatic nitrogens is 2. The Morgan fingerprint density at radius 3 is 2.60 bits per heavy atom. The van der Waals surface area contributed by atoms with E-state index in [0.29, 0.717) is 5.56 Å². The van der Waals surface area contributed by atoms with Gasteiger partial charge in [0, 0.05) is 35.2 Å². The lowest BCUT2D eigenvalue weighted by atomic mass is 10.1. The Hall–Kier alpha value is -3.51. The molecule has 0 bridgehead atoms. The Labute approximate surface area is 174 Å². The summed E-state index contributed by atoms with van der Waals surface area (Å²) in [5.74, 6) is 4.51. The summed E-state index contributed by atoms with van der Waals surface area (Å²) in [5.41, 5.74) is 0.447. The second-order valence-corrected chi connectivity index (χ2v) is 7.18. The van der Waals surface area contributed by atoms with Gasteiger partial charge >= 0.3 is 0 Å². The van der Waals surface area contributed by atoms with Crippen LogP contribution in [0.2, 0.25) is 0 Å². The molecule has 0 aliphatic carbocycles. The van der Waals surface area contributed by atoms with Gasteiger partial charge in [-0.25, -0.2) is 13.8 Å². The minimum atomic E-state index is -0.700.